The van der Waals surface area contributed by atoms with Gasteiger partial charge in [-0.2, -0.15) is 0 Å². The maximum atomic E-state index is 12.4. The second kappa shape index (κ2) is 8.33. The van der Waals surface area contributed by atoms with Crippen LogP contribution in [0.25, 0.3) is 4.72 Å². The van der Waals surface area contributed by atoms with Crippen LogP contribution < -0.4 is 10.2 Å². The molecule has 0 heterocycles. The van der Waals surface area contributed by atoms with Gasteiger partial charge in [0, 0.05) is 10.6 Å². The number of nitrogens with zero attached hydrogens (tertiary/aromatic N) is 1. The summed E-state index contributed by atoms with van der Waals surface area (Å²) >= 11 is 5.94. The van der Waals surface area contributed by atoms with Gasteiger partial charge in [0.25, 0.3) is 5.91 Å². The maximum Gasteiger partial charge on any atom is 0.251 e. The first-order chi connectivity index (χ1) is 11.8. The molecule has 0 aliphatic carbocycles. The van der Waals surface area contributed by atoms with Crippen molar-refractivity contribution < 1.29 is 18.1 Å². The van der Waals surface area contributed by atoms with Gasteiger partial charge < -0.3 is 14.9 Å². The van der Waals surface area contributed by atoms with E-state index in [1.165, 1.54) is 35.2 Å². The van der Waals surface area contributed by atoms with E-state index in [2.05, 4.69) is 10.0 Å². The number of sulfonamides is 1. The molecule has 2 N–H and O–H groups in total. The van der Waals surface area contributed by atoms with E-state index in [-0.39, 0.29) is 21.5 Å². The van der Waals surface area contributed by atoms with Gasteiger partial charge >= 0.3 is 0 Å². The monoisotopic (exact) mass is 381 g/mol. The number of quaternary nitrogens is 1. The van der Waals surface area contributed by atoms with Crippen LogP contribution in [0.4, 0.5) is 5.69 Å². The molecule has 6 nitrogen and oxygen atoms in total. The van der Waals surface area contributed by atoms with Crippen LogP contribution in [0.15, 0.2) is 53.4 Å². The molecular formula is C17H20ClN3O3S. The molecule has 2 aromatic rings. The van der Waals surface area contributed by atoms with Crippen LogP contribution in [-0.4, -0.2) is 41.5 Å². The Balaban J connectivity index is 2.08. The lowest BCUT2D eigenvalue weighted by Gasteiger charge is -2.23. The molecule has 0 spiro atoms. The second-order valence-electron chi connectivity index (χ2n) is 5.76. The Labute approximate surface area is 152 Å². The maximum absolute atomic E-state index is 12.4. The van der Waals surface area contributed by atoms with Crippen LogP contribution >= 0.6 is 11.6 Å². The van der Waals surface area contributed by atoms with Gasteiger partial charge in [-0.15, -0.1) is 5.69 Å². The van der Waals surface area contributed by atoms with Gasteiger partial charge in [0.15, 0.2) is 0 Å². The van der Waals surface area contributed by atoms with Crippen molar-refractivity contribution in [1.29, 1.82) is 0 Å². The molecule has 0 radical (unpaired) electrons. The Hall–Kier alpha value is -2.09. The van der Waals surface area contributed by atoms with E-state index in [4.69, 9.17) is 11.6 Å². The zero-order valence-electron chi connectivity index (χ0n) is 14.0. The number of amides is 1. The van der Waals surface area contributed by atoms with Gasteiger partial charge in [-0.25, -0.2) is 8.42 Å². The number of hydrogen-bond donors (Lipinski definition) is 2. The number of likely N-dealkylation sites (N-methyl/N-ethyl adjacent to an activating group) is 1. The van der Waals surface area contributed by atoms with Gasteiger partial charge in [0.2, 0.25) is 0 Å². The third-order valence-electron chi connectivity index (χ3n) is 3.40. The van der Waals surface area contributed by atoms with Crippen LogP contribution in [0.3, 0.4) is 0 Å². The molecule has 0 aliphatic rings. The minimum Gasteiger partial charge on any atom is -0.572 e. The lowest BCUT2D eigenvalue weighted by atomic mass is 10.2. The fourth-order valence-electron chi connectivity index (χ4n) is 2.01. The topological polar surface area (TPSA) is 81.8 Å². The van der Waals surface area contributed by atoms with Crippen molar-refractivity contribution in [3.05, 3.63) is 63.8 Å². The molecule has 0 atom stereocenters. The fourth-order valence-corrected chi connectivity index (χ4v) is 3.25. The van der Waals surface area contributed by atoms with Crippen LogP contribution in [0.5, 0.6) is 0 Å². The minimum atomic E-state index is -3.90. The molecule has 0 aliphatic heterocycles. The summed E-state index contributed by atoms with van der Waals surface area (Å²) in [6, 6.07) is 12.1. The molecule has 0 saturated heterocycles. The summed E-state index contributed by atoms with van der Waals surface area (Å²) < 4.78 is 28.4. The van der Waals surface area contributed by atoms with E-state index < -0.39 is 10.0 Å². The Morgan fingerprint density at radius 3 is 2.36 bits per heavy atom. The van der Waals surface area contributed by atoms with Crippen LogP contribution in [0.1, 0.15) is 10.4 Å². The standard InChI is InChI=1S/C17H19ClN3O3S/c1-21(2)12-11-19-17(22)13-7-9-14(10-8-13)25(23,24)20-16-6-4-3-5-15(16)18/h3-10H,11-12H2,1-2H3,(H,19,22)/q-1/p+1. The van der Waals surface area contributed by atoms with Crippen molar-refractivity contribution in [2.75, 3.05) is 27.2 Å². The molecule has 134 valence electrons. The summed E-state index contributed by atoms with van der Waals surface area (Å²) in [6.07, 6.45) is 0. The average molecular weight is 382 g/mol. The number of hydrogen-bond acceptors (Lipinski definition) is 3. The van der Waals surface area contributed by atoms with E-state index in [9.17, 15) is 13.2 Å². The highest BCUT2D eigenvalue weighted by Crippen LogP contribution is 2.33. The molecule has 1 amide bonds. The normalized spacial score (nSPS) is 11.4. The highest BCUT2D eigenvalue weighted by Gasteiger charge is 2.09. The number of benzene rings is 2. The van der Waals surface area contributed by atoms with E-state index in [1.54, 1.807) is 18.2 Å². The summed E-state index contributed by atoms with van der Waals surface area (Å²) in [5.41, 5.74) is 0.572. The summed E-state index contributed by atoms with van der Waals surface area (Å²) in [7, 11) is 0.0877. The van der Waals surface area contributed by atoms with Crippen LogP contribution in [0.2, 0.25) is 5.02 Å². The smallest absolute Gasteiger partial charge is 0.251 e. The number of rotatable bonds is 7. The summed E-state index contributed by atoms with van der Waals surface area (Å²) in [5, 5.41) is 3.04. The Morgan fingerprint density at radius 2 is 1.76 bits per heavy atom. The largest absolute Gasteiger partial charge is 0.572 e. The van der Waals surface area contributed by atoms with Gasteiger partial charge in [-0.3, -0.25) is 4.79 Å². The predicted molar refractivity (Wildman–Crippen MR) is 98.1 cm³/mol. The second-order valence-corrected chi connectivity index (χ2v) is 7.77. The Bertz CT molecular complexity index is 836. The SMILES string of the molecule is C[NH+](C)CCNC(=O)c1ccc(S(=O)(=O)[N-]c2ccccc2Cl)cc1. The van der Waals surface area contributed by atoms with E-state index >= 15 is 0 Å². The fraction of sp³-hybridized carbons (Fsp3) is 0.235. The van der Waals surface area contributed by atoms with Crippen LogP contribution in [-0.2, 0) is 10.0 Å². The zero-order valence-corrected chi connectivity index (χ0v) is 15.6. The van der Waals surface area contributed by atoms with Crippen molar-refractivity contribution in [1.82, 2.24) is 5.32 Å². The zero-order chi connectivity index (χ0) is 18.4. The summed E-state index contributed by atoms with van der Waals surface area (Å²) in [6.45, 7) is 1.35. The first kappa shape index (κ1) is 19.2. The number of carbonyl (C=O) groups excluding carboxylic acids is 1. The van der Waals surface area contributed by atoms with Crippen molar-refractivity contribution >= 4 is 33.2 Å². The van der Waals surface area contributed by atoms with E-state index in [0.717, 1.165) is 6.54 Å². The average Bonchev–Trinajstić information content (AvgIpc) is 2.56. The molecule has 25 heavy (non-hydrogen) atoms. The quantitative estimate of drug-likeness (QED) is 0.764. The van der Waals surface area contributed by atoms with Crippen molar-refractivity contribution in [2.24, 2.45) is 0 Å². The third kappa shape index (κ3) is 5.45. The lowest BCUT2D eigenvalue weighted by Crippen LogP contribution is -3.06. The van der Waals surface area contributed by atoms with Crippen molar-refractivity contribution in [3.8, 4) is 0 Å². The molecule has 0 saturated carbocycles. The molecular weight excluding hydrogens is 362 g/mol. The minimum absolute atomic E-state index is 0.00158. The Morgan fingerprint density at radius 1 is 1.12 bits per heavy atom. The van der Waals surface area contributed by atoms with Gasteiger partial charge in [-0.05, 0) is 30.3 Å². The Kier molecular flexibility index (Phi) is 6.41. The van der Waals surface area contributed by atoms with Gasteiger partial charge in [-0.1, -0.05) is 29.8 Å². The predicted octanol–water partition coefficient (Wildman–Crippen LogP) is 1.61. The first-order valence-corrected chi connectivity index (χ1v) is 9.51. The summed E-state index contributed by atoms with van der Waals surface area (Å²) in [4.78, 5) is 13.2. The molecule has 0 aromatic heterocycles. The van der Waals surface area contributed by atoms with Gasteiger partial charge in [0.05, 0.1) is 32.1 Å². The highest BCUT2D eigenvalue weighted by atomic mass is 35.5. The third-order valence-corrected chi connectivity index (χ3v) is 5.02. The molecule has 0 unspecified atom stereocenters. The molecule has 8 heteroatoms. The molecule has 2 aromatic carbocycles. The molecule has 0 fully saturated rings. The lowest BCUT2D eigenvalue weighted by molar-refractivity contribution is -0.856. The van der Waals surface area contributed by atoms with E-state index in [1.807, 2.05) is 14.1 Å². The molecule has 0 bridgehead atoms. The number of carbonyl (C=O) groups is 1. The highest BCUT2D eigenvalue weighted by molar-refractivity contribution is 7.94. The number of halogens is 1. The van der Waals surface area contributed by atoms with Crippen LogP contribution in [0, 0.1) is 0 Å². The van der Waals surface area contributed by atoms with Gasteiger partial charge in [0.1, 0.15) is 10.0 Å². The van der Waals surface area contributed by atoms with Crippen molar-refractivity contribution in [2.45, 2.75) is 4.90 Å². The summed E-state index contributed by atoms with van der Waals surface area (Å²) in [5.74, 6) is -0.242. The number of nitrogens with one attached hydrogen (secondary N) is 2. The van der Waals surface area contributed by atoms with E-state index in [0.29, 0.717) is 12.1 Å². The molecule has 2 rings (SSSR count). The first-order valence-electron chi connectivity index (χ1n) is 7.69. The van der Waals surface area contributed by atoms with Crippen molar-refractivity contribution in [3.63, 3.8) is 0 Å².